The summed E-state index contributed by atoms with van der Waals surface area (Å²) < 4.78 is 112. The first-order valence-corrected chi connectivity index (χ1v) is 16.5. The normalized spacial score (nSPS) is 16.8. The van der Waals surface area contributed by atoms with E-state index in [4.69, 9.17) is 14.2 Å². The van der Waals surface area contributed by atoms with Gasteiger partial charge >= 0.3 is 6.18 Å². The monoisotopic (exact) mass is 655 g/mol. The maximum Gasteiger partial charge on any atom is 0.416 e. The highest BCUT2D eigenvalue weighted by Gasteiger charge is 2.35. The summed E-state index contributed by atoms with van der Waals surface area (Å²) in [6, 6.07) is 11.8. The molecule has 1 saturated heterocycles. The van der Waals surface area contributed by atoms with Crippen molar-refractivity contribution in [3.63, 3.8) is 0 Å². The summed E-state index contributed by atoms with van der Waals surface area (Å²) in [6.07, 6.45) is -4.19. The summed E-state index contributed by atoms with van der Waals surface area (Å²) in [4.78, 5) is 1.42. The van der Waals surface area contributed by atoms with Crippen LogP contribution in [0.2, 0.25) is 0 Å². The first-order chi connectivity index (χ1) is 20.8. The summed E-state index contributed by atoms with van der Waals surface area (Å²) in [5.41, 5.74) is 1.20. The van der Waals surface area contributed by atoms with Gasteiger partial charge < -0.3 is 19.1 Å². The van der Waals surface area contributed by atoms with E-state index in [1.165, 1.54) is 30.7 Å². The molecule has 3 aromatic carbocycles. The van der Waals surface area contributed by atoms with Crippen molar-refractivity contribution < 1.29 is 44.2 Å². The molecule has 0 amide bonds. The van der Waals surface area contributed by atoms with E-state index in [1.807, 2.05) is 6.07 Å². The van der Waals surface area contributed by atoms with Gasteiger partial charge in [-0.15, -0.1) is 0 Å². The van der Waals surface area contributed by atoms with Crippen molar-refractivity contribution in [1.82, 2.24) is 8.61 Å². The van der Waals surface area contributed by atoms with Gasteiger partial charge in [0, 0.05) is 39.3 Å². The first-order valence-electron chi connectivity index (χ1n) is 13.6. The topological polar surface area (TPSA) is 106 Å². The summed E-state index contributed by atoms with van der Waals surface area (Å²) in [6.45, 7) is 0.692. The fourth-order valence-electron chi connectivity index (χ4n) is 5.44. The average molecular weight is 656 g/mol. The second-order valence-corrected chi connectivity index (χ2v) is 14.2. The minimum Gasteiger partial charge on any atom is -0.495 e. The van der Waals surface area contributed by atoms with E-state index in [2.05, 4.69) is 0 Å². The van der Waals surface area contributed by atoms with E-state index < -0.39 is 36.7 Å². The van der Waals surface area contributed by atoms with E-state index in [0.717, 1.165) is 33.6 Å². The van der Waals surface area contributed by atoms with Crippen LogP contribution in [-0.2, 0) is 39.2 Å². The molecule has 0 aromatic heterocycles. The molecule has 0 saturated carbocycles. The minimum atomic E-state index is -4.68. The smallest absolute Gasteiger partial charge is 0.416 e. The number of hydrogen-bond acceptors (Lipinski definition) is 8. The maximum absolute atomic E-state index is 13.8. The van der Waals surface area contributed by atoms with Gasteiger partial charge in [0.25, 0.3) is 0 Å². The van der Waals surface area contributed by atoms with Crippen molar-refractivity contribution in [2.75, 3.05) is 59.0 Å². The molecule has 0 radical (unpaired) electrons. The van der Waals surface area contributed by atoms with Gasteiger partial charge in [-0.05, 0) is 66.1 Å². The van der Waals surface area contributed by atoms with Crippen LogP contribution in [0.4, 0.5) is 18.9 Å². The predicted molar refractivity (Wildman–Crippen MR) is 156 cm³/mol. The number of sulfonamides is 2. The third-order valence-corrected chi connectivity index (χ3v) is 11.6. The number of anilines is 1. The molecule has 238 valence electrons. The van der Waals surface area contributed by atoms with Gasteiger partial charge in [-0.25, -0.2) is 16.8 Å². The van der Waals surface area contributed by atoms with Crippen molar-refractivity contribution in [2.45, 2.75) is 28.9 Å². The van der Waals surface area contributed by atoms with Crippen LogP contribution in [0, 0.1) is 0 Å². The Hall–Kier alpha value is -3.53. The fourth-order valence-corrected chi connectivity index (χ4v) is 8.35. The van der Waals surface area contributed by atoms with Crippen LogP contribution >= 0.6 is 0 Å². The Bertz CT molecular complexity index is 1760. The third-order valence-electron chi connectivity index (χ3n) is 7.85. The lowest BCUT2D eigenvalue weighted by Crippen LogP contribution is -2.48. The molecule has 5 rings (SSSR count). The van der Waals surface area contributed by atoms with Gasteiger partial charge in [-0.2, -0.15) is 21.8 Å². The molecule has 2 aliphatic heterocycles. The van der Waals surface area contributed by atoms with Gasteiger partial charge in [-0.3, -0.25) is 0 Å². The lowest BCUT2D eigenvalue weighted by molar-refractivity contribution is -0.137. The van der Waals surface area contributed by atoms with Crippen LogP contribution in [0.25, 0.3) is 0 Å². The number of piperazine rings is 1. The van der Waals surface area contributed by atoms with Crippen molar-refractivity contribution >= 4 is 25.7 Å². The predicted octanol–water partition coefficient (Wildman–Crippen LogP) is 3.99. The summed E-state index contributed by atoms with van der Waals surface area (Å²) >= 11 is 0. The molecule has 0 aliphatic carbocycles. The number of hydrogen-bond donors (Lipinski definition) is 0. The molecule has 3 aromatic rings. The molecule has 0 unspecified atom stereocenters. The summed E-state index contributed by atoms with van der Waals surface area (Å²) in [5.74, 6) is 1.48. The summed E-state index contributed by atoms with van der Waals surface area (Å²) in [7, 11) is -3.62. The molecular formula is C29H32F3N3O7S2. The standard InChI is InChI=1S/C29H32F3N3O7S2/c1-40-26-8-7-24(44(38,39)35-10-9-20-15-27(41-2)28(42-3)16-21(20)19-35)18-25(26)33-11-13-34(14-12-33)43(36,37)23-6-4-5-22(17-23)29(30,31)32/h4-8,15-18H,9-14,19H2,1-3H3. The second kappa shape index (κ2) is 12.1. The Morgan fingerprint density at radius 1 is 0.659 bits per heavy atom. The van der Waals surface area contributed by atoms with Gasteiger partial charge in [0.15, 0.2) is 11.5 Å². The van der Waals surface area contributed by atoms with Crippen molar-refractivity contribution in [3.8, 4) is 17.2 Å². The van der Waals surface area contributed by atoms with Crippen LogP contribution in [-0.4, -0.2) is 79.5 Å². The van der Waals surface area contributed by atoms with Crippen molar-refractivity contribution in [3.05, 3.63) is 71.3 Å². The Morgan fingerprint density at radius 2 is 1.25 bits per heavy atom. The van der Waals surface area contributed by atoms with Crippen molar-refractivity contribution in [1.29, 1.82) is 0 Å². The zero-order valence-corrected chi connectivity index (χ0v) is 25.9. The Labute approximate surface area is 254 Å². The highest BCUT2D eigenvalue weighted by molar-refractivity contribution is 7.89. The number of rotatable bonds is 8. The number of halogens is 3. The molecule has 1 fully saturated rings. The lowest BCUT2D eigenvalue weighted by Gasteiger charge is -2.36. The number of methoxy groups -OCH3 is 3. The number of fused-ring (bicyclic) bond motifs is 1. The molecule has 44 heavy (non-hydrogen) atoms. The Kier molecular flexibility index (Phi) is 8.77. The quantitative estimate of drug-likeness (QED) is 0.359. The van der Waals surface area contributed by atoms with E-state index in [-0.39, 0.29) is 44.2 Å². The second-order valence-electron chi connectivity index (χ2n) is 10.3. The maximum atomic E-state index is 13.8. The van der Waals surface area contributed by atoms with Gasteiger partial charge in [0.2, 0.25) is 20.0 Å². The first kappa shape index (κ1) is 31.9. The Balaban J connectivity index is 1.35. The zero-order valence-electron chi connectivity index (χ0n) is 24.3. The Morgan fingerprint density at radius 3 is 1.86 bits per heavy atom. The minimum absolute atomic E-state index is 0.0209. The molecule has 2 aliphatic rings. The van der Waals surface area contributed by atoms with Crippen LogP contribution in [0.15, 0.2) is 64.4 Å². The van der Waals surface area contributed by atoms with Crippen LogP contribution < -0.4 is 19.1 Å². The van der Waals surface area contributed by atoms with E-state index in [9.17, 15) is 30.0 Å². The largest absolute Gasteiger partial charge is 0.495 e. The van der Waals surface area contributed by atoms with E-state index >= 15 is 0 Å². The van der Waals surface area contributed by atoms with Crippen molar-refractivity contribution in [2.24, 2.45) is 0 Å². The van der Waals surface area contributed by atoms with Gasteiger partial charge in [0.05, 0.1) is 42.4 Å². The fraction of sp³-hybridized carbons (Fsp3) is 0.379. The molecule has 10 nitrogen and oxygen atoms in total. The molecular weight excluding hydrogens is 623 g/mol. The lowest BCUT2D eigenvalue weighted by atomic mass is 10.0. The van der Waals surface area contributed by atoms with Crippen LogP contribution in [0.5, 0.6) is 17.2 Å². The number of alkyl halides is 3. The highest BCUT2D eigenvalue weighted by Crippen LogP contribution is 2.37. The SMILES string of the molecule is COc1cc2c(cc1OC)CN(S(=O)(=O)c1ccc(OC)c(N3CCN(S(=O)(=O)c4cccc(C(F)(F)F)c4)CC3)c1)CC2. The summed E-state index contributed by atoms with van der Waals surface area (Å²) in [5, 5.41) is 0. The van der Waals surface area contributed by atoms with Crippen LogP contribution in [0.3, 0.4) is 0 Å². The third kappa shape index (κ3) is 6.05. The zero-order chi connectivity index (χ0) is 31.9. The molecule has 0 atom stereocenters. The van der Waals surface area contributed by atoms with Crippen LogP contribution in [0.1, 0.15) is 16.7 Å². The molecule has 2 heterocycles. The van der Waals surface area contributed by atoms with Gasteiger partial charge in [-0.1, -0.05) is 6.07 Å². The molecule has 0 bridgehead atoms. The number of benzene rings is 3. The molecule has 0 N–H and O–H groups in total. The van der Waals surface area contributed by atoms with Gasteiger partial charge in [0.1, 0.15) is 5.75 Å². The molecule has 0 spiro atoms. The number of ether oxygens (including phenoxy) is 3. The molecule has 15 heteroatoms. The average Bonchev–Trinajstić information content (AvgIpc) is 3.03. The van der Waals surface area contributed by atoms with E-state index in [1.54, 1.807) is 24.1 Å². The van der Waals surface area contributed by atoms with E-state index in [0.29, 0.717) is 35.4 Å². The number of nitrogens with zero attached hydrogens (tertiary/aromatic N) is 3. The highest BCUT2D eigenvalue weighted by atomic mass is 32.2.